The maximum absolute atomic E-state index is 13.3. The largest absolute Gasteiger partial charge is 0.362 e. The number of nitrogens with zero attached hydrogens (tertiary/aromatic N) is 2. The Morgan fingerprint density at radius 2 is 1.88 bits per heavy atom. The highest BCUT2D eigenvalue weighted by Gasteiger charge is 2.13. The van der Waals surface area contributed by atoms with Gasteiger partial charge in [0.2, 0.25) is 0 Å². The molecule has 5 heteroatoms. The lowest BCUT2D eigenvalue weighted by Crippen LogP contribution is -2.39. The van der Waals surface area contributed by atoms with Crippen LogP contribution in [0.1, 0.15) is 44.6 Å². The van der Waals surface area contributed by atoms with Gasteiger partial charge in [-0.3, -0.25) is 4.98 Å². The average molecular weight is 360 g/mol. The Labute approximate surface area is 155 Å². The van der Waals surface area contributed by atoms with Gasteiger partial charge in [0.05, 0.1) is 6.54 Å². The lowest BCUT2D eigenvalue weighted by molar-refractivity contribution is 0.623. The second-order valence-corrected chi connectivity index (χ2v) is 6.46. The molecule has 0 bridgehead atoms. The normalized spacial score (nSPS) is 10.5. The van der Waals surface area contributed by atoms with Gasteiger partial charge in [-0.05, 0) is 54.5 Å². The number of nitrogens with one attached hydrogen (secondary N) is 1. The summed E-state index contributed by atoms with van der Waals surface area (Å²) in [5.41, 5.74) is 1.92. The summed E-state index contributed by atoms with van der Waals surface area (Å²) in [5.74, 6) is -0.250. The number of anilines is 1. The molecule has 0 saturated carbocycles. The van der Waals surface area contributed by atoms with Gasteiger partial charge in [-0.15, -0.1) is 0 Å². The van der Waals surface area contributed by atoms with Crippen molar-refractivity contribution in [1.82, 2.24) is 10.3 Å². The van der Waals surface area contributed by atoms with E-state index in [1.165, 1.54) is 37.8 Å². The zero-order valence-corrected chi connectivity index (χ0v) is 15.6. The molecule has 2 rings (SSSR count). The van der Waals surface area contributed by atoms with Gasteiger partial charge in [-0.25, -0.2) is 4.39 Å². The van der Waals surface area contributed by atoms with Crippen LogP contribution in [0, 0.1) is 5.82 Å². The van der Waals surface area contributed by atoms with E-state index >= 15 is 0 Å². The Balaban J connectivity index is 1.98. The number of rotatable bonds is 9. The van der Waals surface area contributed by atoms with Gasteiger partial charge in [0.15, 0.2) is 5.11 Å². The van der Waals surface area contributed by atoms with Gasteiger partial charge >= 0.3 is 0 Å². The Hall–Kier alpha value is -2.01. The highest BCUT2D eigenvalue weighted by molar-refractivity contribution is 7.80. The number of hydrogen-bond acceptors (Lipinski definition) is 2. The lowest BCUT2D eigenvalue weighted by Gasteiger charge is -2.26. The van der Waals surface area contributed by atoms with Crippen LogP contribution in [0.5, 0.6) is 0 Å². The molecule has 0 aliphatic rings. The number of pyridine rings is 1. The highest BCUT2D eigenvalue weighted by Crippen LogP contribution is 2.18. The molecule has 3 nitrogen and oxygen atoms in total. The standard InChI is InChI=1S/C20H26FN3S/c1-2-3-4-5-6-14-23-20(25)24(16-17-8-7-13-22-15-17)19-11-9-18(21)10-12-19/h7-13,15H,2-6,14,16H2,1H3,(H,23,25). The minimum Gasteiger partial charge on any atom is -0.362 e. The van der Waals surface area contributed by atoms with Crippen molar-refractivity contribution in [1.29, 1.82) is 0 Å². The van der Waals surface area contributed by atoms with E-state index in [-0.39, 0.29) is 5.82 Å². The summed E-state index contributed by atoms with van der Waals surface area (Å²) in [6, 6.07) is 10.3. The predicted molar refractivity (Wildman–Crippen MR) is 106 cm³/mol. The molecule has 1 N–H and O–H groups in total. The van der Waals surface area contributed by atoms with Crippen LogP contribution in [-0.4, -0.2) is 16.6 Å². The van der Waals surface area contributed by atoms with Crippen LogP contribution in [0.4, 0.5) is 10.1 Å². The zero-order valence-electron chi connectivity index (χ0n) is 14.7. The molecule has 25 heavy (non-hydrogen) atoms. The average Bonchev–Trinajstić information content (AvgIpc) is 2.64. The Bertz CT molecular complexity index is 631. The summed E-state index contributed by atoms with van der Waals surface area (Å²) in [5, 5.41) is 3.99. The van der Waals surface area contributed by atoms with E-state index in [4.69, 9.17) is 12.2 Å². The van der Waals surface area contributed by atoms with Crippen LogP contribution in [0.15, 0.2) is 48.8 Å². The molecule has 0 saturated heterocycles. The van der Waals surface area contributed by atoms with Gasteiger partial charge in [-0.2, -0.15) is 0 Å². The first-order valence-corrected chi connectivity index (χ1v) is 9.31. The first-order chi connectivity index (χ1) is 12.2. The summed E-state index contributed by atoms with van der Waals surface area (Å²) in [7, 11) is 0. The fraction of sp³-hybridized carbons (Fsp3) is 0.400. The van der Waals surface area contributed by atoms with E-state index in [0.717, 1.165) is 24.2 Å². The van der Waals surface area contributed by atoms with E-state index in [9.17, 15) is 4.39 Å². The monoisotopic (exact) mass is 359 g/mol. The Kier molecular flexibility index (Phi) is 8.32. The van der Waals surface area contributed by atoms with Crippen LogP contribution in [-0.2, 0) is 6.54 Å². The quantitative estimate of drug-likeness (QED) is 0.500. The van der Waals surface area contributed by atoms with Crippen molar-refractivity contribution >= 4 is 23.0 Å². The van der Waals surface area contributed by atoms with Crippen molar-refractivity contribution < 1.29 is 4.39 Å². The van der Waals surface area contributed by atoms with Crippen LogP contribution < -0.4 is 10.2 Å². The number of aromatic nitrogens is 1. The summed E-state index contributed by atoms with van der Waals surface area (Å²) in [6.45, 7) is 3.67. The van der Waals surface area contributed by atoms with Gasteiger partial charge in [-0.1, -0.05) is 38.7 Å². The molecule has 0 aliphatic heterocycles. The van der Waals surface area contributed by atoms with Crippen LogP contribution >= 0.6 is 12.2 Å². The topological polar surface area (TPSA) is 28.2 Å². The summed E-state index contributed by atoms with van der Waals surface area (Å²) in [6.07, 6.45) is 9.68. The van der Waals surface area contributed by atoms with Gasteiger partial charge in [0, 0.05) is 24.6 Å². The number of thiocarbonyl (C=S) groups is 1. The van der Waals surface area contributed by atoms with Gasteiger partial charge in [0.1, 0.15) is 5.82 Å². The molecule has 0 fully saturated rings. The fourth-order valence-corrected chi connectivity index (χ4v) is 2.87. The first-order valence-electron chi connectivity index (χ1n) is 8.90. The van der Waals surface area contributed by atoms with Crippen molar-refractivity contribution in [2.24, 2.45) is 0 Å². The number of hydrogen-bond donors (Lipinski definition) is 1. The Morgan fingerprint density at radius 1 is 1.12 bits per heavy atom. The minimum atomic E-state index is -0.250. The third kappa shape index (κ3) is 6.78. The van der Waals surface area contributed by atoms with Crippen molar-refractivity contribution in [3.8, 4) is 0 Å². The number of benzene rings is 1. The minimum absolute atomic E-state index is 0.250. The molecule has 0 unspecified atom stereocenters. The van der Waals surface area contributed by atoms with E-state index in [1.54, 1.807) is 18.3 Å². The molecular formula is C20H26FN3S. The number of halogens is 1. The first kappa shape index (κ1) is 19.3. The third-order valence-corrected chi connectivity index (χ3v) is 4.37. The second-order valence-electron chi connectivity index (χ2n) is 6.07. The lowest BCUT2D eigenvalue weighted by atomic mass is 10.1. The maximum Gasteiger partial charge on any atom is 0.173 e. The molecule has 0 radical (unpaired) electrons. The molecule has 1 heterocycles. The molecule has 0 aliphatic carbocycles. The van der Waals surface area contributed by atoms with Gasteiger partial charge < -0.3 is 10.2 Å². The smallest absolute Gasteiger partial charge is 0.173 e. The van der Waals surface area contributed by atoms with E-state index in [2.05, 4.69) is 17.2 Å². The highest BCUT2D eigenvalue weighted by atomic mass is 32.1. The molecule has 1 aromatic heterocycles. The van der Waals surface area contributed by atoms with Gasteiger partial charge in [0.25, 0.3) is 0 Å². The number of unbranched alkanes of at least 4 members (excludes halogenated alkanes) is 4. The zero-order chi connectivity index (χ0) is 17.9. The predicted octanol–water partition coefficient (Wildman–Crippen LogP) is 5.07. The van der Waals surface area contributed by atoms with Crippen LogP contribution in [0.2, 0.25) is 0 Å². The molecule has 0 atom stereocenters. The van der Waals surface area contributed by atoms with Crippen molar-refractivity contribution in [3.63, 3.8) is 0 Å². The SMILES string of the molecule is CCCCCCCNC(=S)N(Cc1cccnc1)c1ccc(F)cc1. The molecule has 2 aromatic rings. The summed E-state index contributed by atoms with van der Waals surface area (Å²) < 4.78 is 13.3. The maximum atomic E-state index is 13.3. The second kappa shape index (κ2) is 10.8. The van der Waals surface area contributed by atoms with Crippen molar-refractivity contribution in [2.45, 2.75) is 45.6 Å². The van der Waals surface area contributed by atoms with E-state index in [1.807, 2.05) is 23.2 Å². The van der Waals surface area contributed by atoms with Crippen molar-refractivity contribution in [2.75, 3.05) is 11.4 Å². The van der Waals surface area contributed by atoms with Crippen LogP contribution in [0.25, 0.3) is 0 Å². The summed E-state index contributed by atoms with van der Waals surface area (Å²) in [4.78, 5) is 6.14. The van der Waals surface area contributed by atoms with Crippen molar-refractivity contribution in [3.05, 3.63) is 60.2 Å². The van der Waals surface area contributed by atoms with Crippen LogP contribution in [0.3, 0.4) is 0 Å². The fourth-order valence-electron chi connectivity index (χ4n) is 2.59. The molecule has 0 spiro atoms. The Morgan fingerprint density at radius 3 is 2.56 bits per heavy atom. The third-order valence-electron chi connectivity index (χ3n) is 4.00. The summed E-state index contributed by atoms with van der Waals surface area (Å²) >= 11 is 5.59. The molecule has 134 valence electrons. The van der Waals surface area contributed by atoms with E-state index in [0.29, 0.717) is 11.7 Å². The molecule has 0 amide bonds. The molecule has 1 aromatic carbocycles. The van der Waals surface area contributed by atoms with E-state index < -0.39 is 0 Å². The molecular weight excluding hydrogens is 333 g/mol.